The smallest absolute Gasteiger partial charge is 0.251 e. The van der Waals surface area contributed by atoms with E-state index in [1.54, 1.807) is 0 Å². The molecule has 0 aliphatic rings. The van der Waals surface area contributed by atoms with E-state index in [1.807, 2.05) is 12.1 Å². The molecule has 0 unspecified atom stereocenters. The van der Waals surface area contributed by atoms with Crippen LogP contribution in [0.2, 0.25) is 0 Å². The van der Waals surface area contributed by atoms with Crippen LogP contribution in [0.5, 0.6) is 0 Å². The van der Waals surface area contributed by atoms with Crippen molar-refractivity contribution < 1.29 is 4.79 Å². The second-order valence-corrected chi connectivity index (χ2v) is 14.8. The number of nitrogens with zero attached hydrogens (tertiary/aromatic N) is 1. The number of benzene rings is 6. The Bertz CT molecular complexity index is 2140. The summed E-state index contributed by atoms with van der Waals surface area (Å²) < 4.78 is 2.62. The van der Waals surface area contributed by atoms with Gasteiger partial charge in [0, 0.05) is 40.3 Å². The Kier molecular flexibility index (Phi) is 11.2. The fourth-order valence-corrected chi connectivity index (χ4v) is 8.60. The molecule has 50 heavy (non-hydrogen) atoms. The highest BCUT2D eigenvalue weighted by Crippen LogP contribution is 2.48. The molecule has 6 aromatic carbocycles. The zero-order chi connectivity index (χ0) is 34.3. The van der Waals surface area contributed by atoms with E-state index < -0.39 is 0 Å². The summed E-state index contributed by atoms with van der Waals surface area (Å²) in [6.45, 7) is 6.34. The lowest BCUT2D eigenvalue weighted by Crippen LogP contribution is -2.24. The van der Waals surface area contributed by atoms with Crippen LogP contribution in [0.15, 0.2) is 78.9 Å². The molecule has 0 spiro atoms. The zero-order valence-electron chi connectivity index (χ0n) is 30.6. The number of rotatable bonds is 20. The molecule has 0 saturated heterocycles. The highest BCUT2D eigenvalue weighted by atomic mass is 16.1. The normalized spacial score (nSPS) is 12.1. The minimum Gasteiger partial charge on any atom is -0.352 e. The standard InChI is InChI=1S/C47H56N2O/c1-3-5-7-9-11-13-15-17-31-48-47(50)36-27-25-34(26-28-36)40-33-42-46-44-38(23-20-24-39(40)44)37-22-19-21-35-29-30-41(45(46)43(35)37)49(42)32-18-16-14-12-10-8-6-4-2/h19-30,33H,3-18,31-32H2,1-2H3,(H,48,50). The molecule has 3 nitrogen and oxygen atoms in total. The lowest BCUT2D eigenvalue weighted by molar-refractivity contribution is 0.0953. The lowest BCUT2D eigenvalue weighted by Gasteiger charge is -2.16. The van der Waals surface area contributed by atoms with Crippen LogP contribution in [0.25, 0.3) is 65.3 Å². The number of nitrogens with one attached hydrogen (secondary N) is 1. The van der Waals surface area contributed by atoms with E-state index in [-0.39, 0.29) is 5.91 Å². The molecule has 0 fully saturated rings. The Morgan fingerprint density at radius 3 is 1.82 bits per heavy atom. The first-order valence-corrected chi connectivity index (χ1v) is 20.0. The Morgan fingerprint density at radius 1 is 0.540 bits per heavy atom. The zero-order valence-corrected chi connectivity index (χ0v) is 30.6. The summed E-state index contributed by atoms with van der Waals surface area (Å²) in [4.78, 5) is 13.1. The molecule has 1 heterocycles. The average Bonchev–Trinajstić information content (AvgIpc) is 3.48. The van der Waals surface area contributed by atoms with Crippen molar-refractivity contribution in [2.75, 3.05) is 6.54 Å². The van der Waals surface area contributed by atoms with E-state index in [0.29, 0.717) is 0 Å². The topological polar surface area (TPSA) is 34.0 Å². The fraction of sp³-hybridized carbons (Fsp3) is 0.426. The molecule has 1 N–H and O–H groups in total. The van der Waals surface area contributed by atoms with Gasteiger partial charge < -0.3 is 9.88 Å². The molecule has 0 radical (unpaired) electrons. The van der Waals surface area contributed by atoms with E-state index in [9.17, 15) is 4.79 Å². The van der Waals surface area contributed by atoms with Crippen LogP contribution in [-0.2, 0) is 6.54 Å². The van der Waals surface area contributed by atoms with Crippen molar-refractivity contribution in [3.63, 3.8) is 0 Å². The SMILES string of the molecule is CCCCCCCCCCNC(=O)c1ccc(-c2cc3c4c5c2cccc5c2cccc5ccc(c4c52)n3CCCCCCCCCC)cc1. The summed E-state index contributed by atoms with van der Waals surface area (Å²) in [6.07, 6.45) is 20.7. The Morgan fingerprint density at radius 2 is 1.12 bits per heavy atom. The molecular formula is C47H56N2O. The third-order valence-corrected chi connectivity index (χ3v) is 11.3. The average molecular weight is 665 g/mol. The quantitative estimate of drug-likeness (QED) is 0.0491. The molecule has 1 aromatic heterocycles. The highest BCUT2D eigenvalue weighted by molar-refractivity contribution is 6.41. The second-order valence-electron chi connectivity index (χ2n) is 14.8. The predicted octanol–water partition coefficient (Wildman–Crippen LogP) is 13.8. The van der Waals surface area contributed by atoms with Crippen molar-refractivity contribution in [1.82, 2.24) is 9.88 Å². The maximum atomic E-state index is 13.1. The van der Waals surface area contributed by atoms with Crippen LogP contribution in [0.1, 0.15) is 127 Å². The van der Waals surface area contributed by atoms with Crippen LogP contribution in [-0.4, -0.2) is 17.0 Å². The number of aromatic nitrogens is 1. The summed E-state index contributed by atoms with van der Waals surface area (Å²) in [7, 11) is 0. The molecule has 0 aliphatic heterocycles. The summed E-state index contributed by atoms with van der Waals surface area (Å²) >= 11 is 0. The van der Waals surface area contributed by atoms with Crippen LogP contribution >= 0.6 is 0 Å². The molecule has 1 amide bonds. The maximum Gasteiger partial charge on any atom is 0.251 e. The molecule has 0 aliphatic carbocycles. The monoisotopic (exact) mass is 664 g/mol. The van der Waals surface area contributed by atoms with Crippen molar-refractivity contribution >= 4 is 60.0 Å². The number of carbonyl (C=O) groups excluding carboxylic acids is 1. The summed E-state index contributed by atoms with van der Waals surface area (Å²) in [5, 5.41) is 14.1. The van der Waals surface area contributed by atoms with Crippen LogP contribution < -0.4 is 5.32 Å². The van der Waals surface area contributed by atoms with Gasteiger partial charge in [-0.3, -0.25) is 4.79 Å². The van der Waals surface area contributed by atoms with Gasteiger partial charge in [-0.15, -0.1) is 0 Å². The molecule has 7 aromatic rings. The Balaban J connectivity index is 1.16. The van der Waals surface area contributed by atoms with E-state index in [1.165, 1.54) is 156 Å². The Labute approximate surface area is 299 Å². The van der Waals surface area contributed by atoms with Gasteiger partial charge in [0.1, 0.15) is 0 Å². The molecule has 0 saturated carbocycles. The van der Waals surface area contributed by atoms with Gasteiger partial charge in [-0.1, -0.05) is 158 Å². The molecular weight excluding hydrogens is 609 g/mol. The van der Waals surface area contributed by atoms with Gasteiger partial charge in [-0.2, -0.15) is 0 Å². The molecule has 260 valence electrons. The van der Waals surface area contributed by atoms with E-state index in [0.717, 1.165) is 30.6 Å². The number of hydrogen-bond acceptors (Lipinski definition) is 1. The van der Waals surface area contributed by atoms with Crippen molar-refractivity contribution in [3.8, 4) is 11.1 Å². The van der Waals surface area contributed by atoms with Gasteiger partial charge in [0.25, 0.3) is 5.91 Å². The minimum atomic E-state index is 0.0302. The molecule has 0 atom stereocenters. The van der Waals surface area contributed by atoms with Crippen molar-refractivity contribution in [1.29, 1.82) is 0 Å². The first kappa shape index (κ1) is 34.3. The summed E-state index contributed by atoms with van der Waals surface area (Å²) in [5.41, 5.74) is 5.85. The second kappa shape index (κ2) is 16.3. The first-order chi connectivity index (χ1) is 24.7. The van der Waals surface area contributed by atoms with Crippen molar-refractivity contribution in [2.24, 2.45) is 0 Å². The van der Waals surface area contributed by atoms with Gasteiger partial charge in [0.15, 0.2) is 0 Å². The predicted molar refractivity (Wildman–Crippen MR) is 217 cm³/mol. The van der Waals surface area contributed by atoms with Gasteiger partial charge in [-0.05, 0) is 75.2 Å². The largest absolute Gasteiger partial charge is 0.352 e. The fourth-order valence-electron chi connectivity index (χ4n) is 8.60. The van der Waals surface area contributed by atoms with Gasteiger partial charge >= 0.3 is 0 Å². The van der Waals surface area contributed by atoms with Crippen molar-refractivity contribution in [2.45, 2.75) is 123 Å². The lowest BCUT2D eigenvalue weighted by atomic mass is 9.87. The van der Waals surface area contributed by atoms with E-state index in [2.05, 4.69) is 90.5 Å². The Hall–Kier alpha value is -4.11. The number of fused-ring (bicyclic) bond motifs is 1. The third kappa shape index (κ3) is 6.94. The highest BCUT2D eigenvalue weighted by Gasteiger charge is 2.23. The number of unbranched alkanes of at least 4 members (excludes halogenated alkanes) is 14. The molecule has 0 bridgehead atoms. The minimum absolute atomic E-state index is 0.0302. The number of hydrogen-bond donors (Lipinski definition) is 1. The summed E-state index contributed by atoms with van der Waals surface area (Å²) in [5.74, 6) is 0.0302. The summed E-state index contributed by atoms with van der Waals surface area (Å²) in [6, 6.07) is 29.1. The van der Waals surface area contributed by atoms with Crippen LogP contribution in [0, 0.1) is 0 Å². The third-order valence-electron chi connectivity index (χ3n) is 11.3. The van der Waals surface area contributed by atoms with Crippen molar-refractivity contribution in [3.05, 3.63) is 84.4 Å². The van der Waals surface area contributed by atoms with Crippen LogP contribution in [0.3, 0.4) is 0 Å². The van der Waals surface area contributed by atoms with E-state index >= 15 is 0 Å². The van der Waals surface area contributed by atoms with E-state index in [4.69, 9.17) is 0 Å². The molecule has 3 heteroatoms. The number of aryl methyl sites for hydroxylation is 1. The van der Waals surface area contributed by atoms with Crippen LogP contribution in [0.4, 0.5) is 0 Å². The number of carbonyl (C=O) groups is 1. The maximum absolute atomic E-state index is 13.1. The van der Waals surface area contributed by atoms with Gasteiger partial charge in [-0.25, -0.2) is 0 Å². The molecule has 7 rings (SSSR count). The van der Waals surface area contributed by atoms with Gasteiger partial charge in [0.05, 0.1) is 5.52 Å². The van der Waals surface area contributed by atoms with Gasteiger partial charge in [0.2, 0.25) is 0 Å². The first-order valence-electron chi connectivity index (χ1n) is 20.0. The number of amides is 1.